The van der Waals surface area contributed by atoms with Gasteiger partial charge in [0.2, 0.25) is 0 Å². The standard InChI is InChI=1S/C12H14O3/c1-7-4-10(5-8(2)12(7)15)11(14)6-9(3)13/h4-5,15H,6H2,1-3H3. The zero-order chi connectivity index (χ0) is 11.6. The lowest BCUT2D eigenvalue weighted by Crippen LogP contribution is -2.05. The molecule has 80 valence electrons. The summed E-state index contributed by atoms with van der Waals surface area (Å²) in [5.41, 5.74) is 1.79. The first kappa shape index (κ1) is 11.4. The molecule has 3 heteroatoms. The number of hydrogen-bond donors (Lipinski definition) is 1. The molecule has 0 aliphatic carbocycles. The lowest BCUT2D eigenvalue weighted by Gasteiger charge is -2.06. The van der Waals surface area contributed by atoms with E-state index in [4.69, 9.17) is 0 Å². The van der Waals surface area contributed by atoms with E-state index in [0.29, 0.717) is 16.7 Å². The number of benzene rings is 1. The molecule has 0 unspecified atom stereocenters. The second-order valence-corrected chi connectivity index (χ2v) is 3.76. The third kappa shape index (κ3) is 2.65. The molecule has 0 heterocycles. The first-order chi connectivity index (χ1) is 6.91. The minimum Gasteiger partial charge on any atom is -0.507 e. The molecule has 0 aliphatic rings. The van der Waals surface area contributed by atoms with Crippen molar-refractivity contribution in [1.29, 1.82) is 0 Å². The molecule has 1 aromatic rings. The Labute approximate surface area is 88.7 Å². The highest BCUT2D eigenvalue weighted by Crippen LogP contribution is 2.23. The molecule has 3 nitrogen and oxygen atoms in total. The van der Waals surface area contributed by atoms with Gasteiger partial charge in [0.25, 0.3) is 0 Å². The number of aromatic hydroxyl groups is 1. The van der Waals surface area contributed by atoms with Gasteiger partial charge in [-0.2, -0.15) is 0 Å². The minimum absolute atomic E-state index is 0.0797. The van der Waals surface area contributed by atoms with Crippen LogP contribution in [0.2, 0.25) is 0 Å². The van der Waals surface area contributed by atoms with Crippen LogP contribution in [0.5, 0.6) is 5.75 Å². The molecule has 0 bridgehead atoms. The Morgan fingerprint density at radius 2 is 1.67 bits per heavy atom. The van der Waals surface area contributed by atoms with E-state index in [1.807, 2.05) is 0 Å². The topological polar surface area (TPSA) is 54.4 Å². The Bertz CT molecular complexity index is 396. The summed E-state index contributed by atoms with van der Waals surface area (Å²) in [5.74, 6) is -0.147. The fraction of sp³-hybridized carbons (Fsp3) is 0.333. The minimum atomic E-state index is -0.200. The maximum Gasteiger partial charge on any atom is 0.170 e. The molecule has 0 radical (unpaired) electrons. The van der Waals surface area contributed by atoms with Crippen molar-refractivity contribution in [3.63, 3.8) is 0 Å². The molecule has 0 amide bonds. The predicted octanol–water partition coefficient (Wildman–Crippen LogP) is 2.17. The highest BCUT2D eigenvalue weighted by molar-refractivity contribution is 6.07. The zero-order valence-electron chi connectivity index (χ0n) is 9.13. The average molecular weight is 206 g/mol. The van der Waals surface area contributed by atoms with Gasteiger partial charge in [0.1, 0.15) is 11.5 Å². The van der Waals surface area contributed by atoms with E-state index in [1.54, 1.807) is 26.0 Å². The monoisotopic (exact) mass is 206 g/mol. The van der Waals surface area contributed by atoms with Crippen LogP contribution in [0.3, 0.4) is 0 Å². The maximum absolute atomic E-state index is 11.6. The number of rotatable bonds is 3. The summed E-state index contributed by atoms with van der Waals surface area (Å²) in [4.78, 5) is 22.4. The fourth-order valence-electron chi connectivity index (χ4n) is 1.45. The first-order valence-electron chi connectivity index (χ1n) is 4.74. The molecule has 0 atom stereocenters. The van der Waals surface area contributed by atoms with Gasteiger partial charge in [0, 0.05) is 5.56 Å². The van der Waals surface area contributed by atoms with Gasteiger partial charge in [0.05, 0.1) is 6.42 Å². The Kier molecular flexibility index (Phi) is 3.24. The summed E-state index contributed by atoms with van der Waals surface area (Å²) in [5, 5.41) is 9.52. The van der Waals surface area contributed by atoms with E-state index >= 15 is 0 Å². The van der Waals surface area contributed by atoms with Crippen LogP contribution in [0, 0.1) is 13.8 Å². The largest absolute Gasteiger partial charge is 0.507 e. The highest BCUT2D eigenvalue weighted by Gasteiger charge is 2.11. The first-order valence-corrected chi connectivity index (χ1v) is 4.74. The van der Waals surface area contributed by atoms with Gasteiger partial charge >= 0.3 is 0 Å². The molecular weight excluding hydrogens is 192 g/mol. The average Bonchev–Trinajstić information content (AvgIpc) is 2.12. The molecule has 0 spiro atoms. The number of hydrogen-bond acceptors (Lipinski definition) is 3. The summed E-state index contributed by atoms with van der Waals surface area (Å²) in [6.07, 6.45) is -0.0797. The SMILES string of the molecule is CC(=O)CC(=O)c1cc(C)c(O)c(C)c1. The molecule has 0 fully saturated rings. The van der Waals surface area contributed by atoms with Crippen molar-refractivity contribution in [2.45, 2.75) is 27.2 Å². The smallest absolute Gasteiger partial charge is 0.170 e. The van der Waals surface area contributed by atoms with Gasteiger partial charge in [-0.15, -0.1) is 0 Å². The molecule has 0 saturated heterocycles. The number of carbonyl (C=O) groups excluding carboxylic acids is 2. The second-order valence-electron chi connectivity index (χ2n) is 3.76. The predicted molar refractivity (Wildman–Crippen MR) is 57.2 cm³/mol. The molecule has 0 saturated carbocycles. The van der Waals surface area contributed by atoms with Crippen molar-refractivity contribution >= 4 is 11.6 Å². The summed E-state index contributed by atoms with van der Waals surface area (Å²) >= 11 is 0. The van der Waals surface area contributed by atoms with Crippen molar-refractivity contribution < 1.29 is 14.7 Å². The molecule has 0 aliphatic heterocycles. The van der Waals surface area contributed by atoms with Gasteiger partial charge in [-0.1, -0.05) is 0 Å². The Morgan fingerprint density at radius 3 is 2.07 bits per heavy atom. The normalized spacial score (nSPS) is 10.1. The molecule has 1 aromatic carbocycles. The molecule has 1 N–H and O–H groups in total. The van der Waals surface area contributed by atoms with E-state index < -0.39 is 0 Å². The van der Waals surface area contributed by atoms with Crippen LogP contribution in [0.25, 0.3) is 0 Å². The van der Waals surface area contributed by atoms with Crippen molar-refractivity contribution in [2.75, 3.05) is 0 Å². The van der Waals surface area contributed by atoms with Crippen LogP contribution in [0.4, 0.5) is 0 Å². The van der Waals surface area contributed by atoms with Gasteiger partial charge in [-0.25, -0.2) is 0 Å². The van der Waals surface area contributed by atoms with Gasteiger partial charge in [-0.3, -0.25) is 9.59 Å². The van der Waals surface area contributed by atoms with E-state index in [2.05, 4.69) is 0 Å². The van der Waals surface area contributed by atoms with Crippen LogP contribution in [-0.2, 0) is 4.79 Å². The van der Waals surface area contributed by atoms with Gasteiger partial charge < -0.3 is 5.11 Å². The number of carbonyl (C=O) groups is 2. The number of phenolic OH excluding ortho intramolecular Hbond substituents is 1. The van der Waals surface area contributed by atoms with Crippen LogP contribution in [0.1, 0.15) is 34.8 Å². The molecule has 1 rings (SSSR count). The van der Waals surface area contributed by atoms with Crippen LogP contribution < -0.4 is 0 Å². The zero-order valence-corrected chi connectivity index (χ0v) is 9.13. The van der Waals surface area contributed by atoms with Crippen LogP contribution in [-0.4, -0.2) is 16.7 Å². The fourth-order valence-corrected chi connectivity index (χ4v) is 1.45. The number of phenols is 1. The lowest BCUT2D eigenvalue weighted by atomic mass is 10.0. The molecule has 15 heavy (non-hydrogen) atoms. The van der Waals surface area contributed by atoms with Crippen molar-refractivity contribution in [1.82, 2.24) is 0 Å². The number of Topliss-reactive ketones (excluding diaryl/α,β-unsaturated/α-hetero) is 2. The summed E-state index contributed by atoms with van der Waals surface area (Å²) < 4.78 is 0. The summed E-state index contributed by atoms with van der Waals surface area (Å²) in [6.45, 7) is 4.85. The van der Waals surface area contributed by atoms with Crippen LogP contribution >= 0.6 is 0 Å². The summed E-state index contributed by atoms with van der Waals surface area (Å²) in [7, 11) is 0. The maximum atomic E-state index is 11.6. The Morgan fingerprint density at radius 1 is 1.20 bits per heavy atom. The van der Waals surface area contributed by atoms with E-state index in [1.165, 1.54) is 6.92 Å². The van der Waals surface area contributed by atoms with Crippen LogP contribution in [0.15, 0.2) is 12.1 Å². The van der Waals surface area contributed by atoms with Gasteiger partial charge in [-0.05, 0) is 44.0 Å². The van der Waals surface area contributed by atoms with Crippen molar-refractivity contribution in [2.24, 2.45) is 0 Å². The second kappa shape index (κ2) is 4.26. The van der Waals surface area contributed by atoms with E-state index in [9.17, 15) is 14.7 Å². The Hall–Kier alpha value is -1.64. The third-order valence-electron chi connectivity index (χ3n) is 2.22. The molecule has 0 aromatic heterocycles. The van der Waals surface area contributed by atoms with E-state index in [0.717, 1.165) is 0 Å². The van der Waals surface area contributed by atoms with Gasteiger partial charge in [0.15, 0.2) is 5.78 Å². The summed E-state index contributed by atoms with van der Waals surface area (Å²) in [6, 6.07) is 3.21. The number of ketones is 2. The highest BCUT2D eigenvalue weighted by atomic mass is 16.3. The third-order valence-corrected chi connectivity index (χ3v) is 2.22. The quantitative estimate of drug-likeness (QED) is 0.609. The Balaban J connectivity index is 3.06. The number of aryl methyl sites for hydroxylation is 2. The molecular formula is C12H14O3. The van der Waals surface area contributed by atoms with Crippen molar-refractivity contribution in [3.05, 3.63) is 28.8 Å². The van der Waals surface area contributed by atoms with Crippen molar-refractivity contribution in [3.8, 4) is 5.75 Å². The van der Waals surface area contributed by atoms with E-state index in [-0.39, 0.29) is 23.7 Å². The lowest BCUT2D eigenvalue weighted by molar-refractivity contribution is -0.116.